The molecule has 0 bridgehead atoms. The smallest absolute Gasteiger partial charge is 0.242 e. The van der Waals surface area contributed by atoms with Crippen LogP contribution in [0.1, 0.15) is 6.92 Å². The second-order valence-electron chi connectivity index (χ2n) is 2.45. The maximum Gasteiger partial charge on any atom is 0.242 e. The number of amides is 1. The minimum absolute atomic E-state index is 0.318. The van der Waals surface area contributed by atoms with Gasteiger partial charge in [0.2, 0.25) is 5.91 Å². The number of rotatable bonds is 3. The van der Waals surface area contributed by atoms with Crippen molar-refractivity contribution >= 4 is 5.91 Å². The molecule has 0 aliphatic rings. The average Bonchev–Trinajstić information content (AvgIpc) is 1.82. The summed E-state index contributed by atoms with van der Waals surface area (Å²) in [5, 5.41) is 9.54. The van der Waals surface area contributed by atoms with E-state index in [1.165, 1.54) is 6.92 Å². The Morgan fingerprint density at radius 3 is 2.20 bits per heavy atom. The molecule has 0 spiro atoms. The summed E-state index contributed by atoms with van der Waals surface area (Å²) < 4.78 is 0. The highest BCUT2D eigenvalue weighted by atomic mass is 16.5. The van der Waals surface area contributed by atoms with Gasteiger partial charge >= 0.3 is 0 Å². The highest BCUT2D eigenvalue weighted by molar-refractivity contribution is 5.71. The zero-order valence-corrected chi connectivity index (χ0v) is 6.66. The van der Waals surface area contributed by atoms with Crippen LogP contribution in [0.5, 0.6) is 0 Å². The van der Waals surface area contributed by atoms with Gasteiger partial charge in [-0.2, -0.15) is 0 Å². The lowest BCUT2D eigenvalue weighted by molar-refractivity contribution is -0.163. The Labute approximate surface area is 61.0 Å². The fraction of sp³-hybridized carbons (Fsp3) is 0.833. The van der Waals surface area contributed by atoms with Crippen LogP contribution in [0.15, 0.2) is 0 Å². The van der Waals surface area contributed by atoms with Crippen LogP contribution in [0.2, 0.25) is 0 Å². The molecule has 0 aromatic rings. The summed E-state index contributed by atoms with van der Waals surface area (Å²) in [5.74, 6) is -0.318. The summed E-state index contributed by atoms with van der Waals surface area (Å²) in [5.41, 5.74) is 0. The van der Waals surface area contributed by atoms with E-state index in [4.69, 9.17) is 5.21 Å². The first-order valence-corrected chi connectivity index (χ1v) is 3.15. The Kier molecular flexibility index (Phi) is 3.99. The van der Waals surface area contributed by atoms with Gasteiger partial charge in [-0.15, -0.1) is 0 Å². The van der Waals surface area contributed by atoms with Gasteiger partial charge in [0.15, 0.2) is 0 Å². The number of nitrogens with zero attached hydrogens (tertiary/aromatic N) is 2. The molecule has 0 aromatic carbocycles. The molecule has 60 valence electrons. The molecule has 0 radical (unpaired) electrons. The van der Waals surface area contributed by atoms with E-state index in [1.54, 1.807) is 0 Å². The number of carbonyl (C=O) groups is 1. The van der Waals surface area contributed by atoms with Crippen molar-refractivity contribution in [3.05, 3.63) is 0 Å². The molecule has 0 fully saturated rings. The van der Waals surface area contributed by atoms with Gasteiger partial charge in [-0.25, -0.2) is 5.06 Å². The lowest BCUT2D eigenvalue weighted by Gasteiger charge is -2.15. The van der Waals surface area contributed by atoms with Crippen molar-refractivity contribution in [2.24, 2.45) is 0 Å². The molecule has 0 rings (SSSR count). The molecule has 1 N–H and O–H groups in total. The van der Waals surface area contributed by atoms with Crippen LogP contribution in [-0.2, 0) is 4.79 Å². The Morgan fingerprint density at radius 1 is 1.40 bits per heavy atom. The van der Waals surface area contributed by atoms with Gasteiger partial charge in [0.25, 0.3) is 0 Å². The topological polar surface area (TPSA) is 43.8 Å². The van der Waals surface area contributed by atoms with Crippen molar-refractivity contribution in [3.8, 4) is 0 Å². The molecule has 0 atom stereocenters. The maximum absolute atomic E-state index is 10.4. The van der Waals surface area contributed by atoms with E-state index >= 15 is 0 Å². The van der Waals surface area contributed by atoms with Gasteiger partial charge in [-0.3, -0.25) is 10.0 Å². The Balaban J connectivity index is 3.40. The lowest BCUT2D eigenvalue weighted by atomic mass is 10.5. The van der Waals surface area contributed by atoms with Crippen molar-refractivity contribution in [2.45, 2.75) is 6.92 Å². The third-order valence-corrected chi connectivity index (χ3v) is 1.12. The molecule has 4 nitrogen and oxygen atoms in total. The Bertz CT molecular complexity index is 114. The normalized spacial score (nSPS) is 10.1. The molecule has 4 heteroatoms. The highest BCUT2D eigenvalue weighted by Crippen LogP contribution is 1.83. The predicted octanol–water partition coefficient (Wildman–Crippen LogP) is -0.214. The van der Waals surface area contributed by atoms with Crippen molar-refractivity contribution in [2.75, 3.05) is 27.2 Å². The fourth-order valence-corrected chi connectivity index (χ4v) is 0.452. The predicted molar refractivity (Wildman–Crippen MR) is 37.7 cm³/mol. The van der Waals surface area contributed by atoms with E-state index < -0.39 is 0 Å². The first kappa shape index (κ1) is 9.39. The zero-order valence-electron chi connectivity index (χ0n) is 6.66. The van der Waals surface area contributed by atoms with Crippen LogP contribution >= 0.6 is 0 Å². The SMILES string of the molecule is CC(=O)N(O)CCN(C)C. The minimum Gasteiger partial charge on any atom is -0.308 e. The van der Waals surface area contributed by atoms with Crippen LogP contribution in [0.3, 0.4) is 0 Å². The van der Waals surface area contributed by atoms with Gasteiger partial charge in [0, 0.05) is 13.5 Å². The quantitative estimate of drug-likeness (QED) is 0.442. The van der Waals surface area contributed by atoms with E-state index in [0.29, 0.717) is 18.2 Å². The molecule has 0 aliphatic carbocycles. The molecule has 0 heterocycles. The maximum atomic E-state index is 10.4. The first-order valence-electron chi connectivity index (χ1n) is 3.15. The molecular weight excluding hydrogens is 132 g/mol. The molecule has 1 amide bonds. The summed E-state index contributed by atoms with van der Waals surface area (Å²) in [4.78, 5) is 12.3. The molecule has 10 heavy (non-hydrogen) atoms. The molecule has 0 saturated carbocycles. The van der Waals surface area contributed by atoms with E-state index in [1.807, 2.05) is 19.0 Å². The largest absolute Gasteiger partial charge is 0.308 e. The molecule has 0 aliphatic heterocycles. The first-order chi connectivity index (χ1) is 4.54. The van der Waals surface area contributed by atoms with Gasteiger partial charge < -0.3 is 4.90 Å². The van der Waals surface area contributed by atoms with Gasteiger partial charge in [0.05, 0.1) is 6.54 Å². The third-order valence-electron chi connectivity index (χ3n) is 1.12. The van der Waals surface area contributed by atoms with Crippen LogP contribution in [0, 0.1) is 0 Å². The van der Waals surface area contributed by atoms with Crippen LogP contribution < -0.4 is 0 Å². The summed E-state index contributed by atoms with van der Waals surface area (Å²) in [7, 11) is 3.77. The van der Waals surface area contributed by atoms with E-state index in [2.05, 4.69) is 0 Å². The second kappa shape index (κ2) is 4.24. The summed E-state index contributed by atoms with van der Waals surface area (Å²) in [6.07, 6.45) is 0. The van der Waals surface area contributed by atoms with Crippen molar-refractivity contribution in [1.29, 1.82) is 0 Å². The lowest BCUT2D eigenvalue weighted by Crippen LogP contribution is -2.32. The summed E-state index contributed by atoms with van der Waals surface area (Å²) >= 11 is 0. The number of hydrogen-bond donors (Lipinski definition) is 1. The Hall–Kier alpha value is -0.610. The summed E-state index contributed by atoms with van der Waals surface area (Å²) in [6.45, 7) is 2.37. The summed E-state index contributed by atoms with van der Waals surface area (Å²) in [6, 6.07) is 0. The zero-order chi connectivity index (χ0) is 8.15. The van der Waals surface area contributed by atoms with Crippen LogP contribution in [-0.4, -0.2) is 48.3 Å². The van der Waals surface area contributed by atoms with Crippen molar-refractivity contribution in [3.63, 3.8) is 0 Å². The van der Waals surface area contributed by atoms with Crippen LogP contribution in [0.4, 0.5) is 0 Å². The molecule has 0 aromatic heterocycles. The van der Waals surface area contributed by atoms with Gasteiger partial charge in [-0.1, -0.05) is 0 Å². The monoisotopic (exact) mass is 146 g/mol. The third kappa shape index (κ3) is 4.29. The fourth-order valence-electron chi connectivity index (χ4n) is 0.452. The number of likely N-dealkylation sites (N-methyl/N-ethyl adjacent to an activating group) is 1. The van der Waals surface area contributed by atoms with E-state index in [9.17, 15) is 4.79 Å². The minimum atomic E-state index is -0.318. The average molecular weight is 146 g/mol. The second-order valence-corrected chi connectivity index (χ2v) is 2.45. The van der Waals surface area contributed by atoms with Crippen molar-refractivity contribution in [1.82, 2.24) is 9.96 Å². The molecule has 0 saturated heterocycles. The number of hydrogen-bond acceptors (Lipinski definition) is 3. The standard InChI is InChI=1S/C6H14N2O2/c1-6(9)8(10)5-4-7(2)3/h10H,4-5H2,1-3H3. The number of hydroxylamine groups is 2. The number of carbonyl (C=O) groups excluding carboxylic acids is 1. The van der Waals surface area contributed by atoms with Gasteiger partial charge in [-0.05, 0) is 14.1 Å². The van der Waals surface area contributed by atoms with Crippen molar-refractivity contribution < 1.29 is 10.0 Å². The van der Waals surface area contributed by atoms with Gasteiger partial charge in [0.1, 0.15) is 0 Å². The Morgan fingerprint density at radius 2 is 1.90 bits per heavy atom. The molecular formula is C6H14N2O2. The highest BCUT2D eigenvalue weighted by Gasteiger charge is 2.02. The van der Waals surface area contributed by atoms with E-state index in [-0.39, 0.29) is 5.91 Å². The van der Waals surface area contributed by atoms with E-state index in [0.717, 1.165) is 0 Å². The van der Waals surface area contributed by atoms with Crippen LogP contribution in [0.25, 0.3) is 0 Å². The molecule has 0 unspecified atom stereocenters.